The first kappa shape index (κ1) is 21.1. The summed E-state index contributed by atoms with van der Waals surface area (Å²) >= 11 is 0. The van der Waals surface area contributed by atoms with Gasteiger partial charge in [0.05, 0.1) is 0 Å². The number of unbranched alkanes of at least 4 members (excludes halogenated alkanes) is 1. The Morgan fingerprint density at radius 3 is 1.50 bits per heavy atom. The van der Waals surface area contributed by atoms with Gasteiger partial charge in [-0.25, -0.2) is 4.79 Å². The molecule has 0 bridgehead atoms. The van der Waals surface area contributed by atoms with Gasteiger partial charge in [0.15, 0.2) is 0 Å². The van der Waals surface area contributed by atoms with E-state index in [1.807, 2.05) is 0 Å². The fourth-order valence-corrected chi connectivity index (χ4v) is 1.51. The molecule has 0 aromatic rings. The Balaban J connectivity index is 5.93. The quantitative estimate of drug-likeness (QED) is 0.187. The van der Waals surface area contributed by atoms with E-state index in [0.29, 0.717) is 0 Å². The predicted molar refractivity (Wildman–Crippen MR) is 63.0 cm³/mol. The van der Waals surface area contributed by atoms with E-state index in [-0.39, 0.29) is 12.8 Å². The summed E-state index contributed by atoms with van der Waals surface area (Å²) in [4.78, 5) is 10.5. The first-order chi connectivity index (χ1) is 9.50. The Hall–Kier alpha value is -0.930. The van der Waals surface area contributed by atoms with E-state index in [9.17, 15) is 45.6 Å². The molecule has 12 nitrogen and oxygen atoms in total. The van der Waals surface area contributed by atoms with Gasteiger partial charge in [-0.15, -0.1) is 0 Å². The minimum Gasteiger partial charge on any atom is -0.477 e. The molecule has 0 spiro atoms. The molecular weight excluding hydrogens is 312 g/mol. The van der Waals surface area contributed by atoms with Crippen LogP contribution in [0.5, 0.6) is 0 Å². The Kier molecular flexibility index (Phi) is 5.68. The first-order valence-electron chi connectivity index (χ1n) is 5.97. The Labute approximate surface area is 123 Å². The van der Waals surface area contributed by atoms with Crippen LogP contribution in [0.25, 0.3) is 0 Å². The molecule has 0 saturated heterocycles. The Morgan fingerprint density at radius 1 is 0.773 bits per heavy atom. The molecule has 0 amide bonds. The number of carboxylic acids is 1. The maximum atomic E-state index is 10.5. The Bertz CT molecular complexity index is 410. The van der Waals surface area contributed by atoms with Crippen molar-refractivity contribution in [3.05, 3.63) is 0 Å². The van der Waals surface area contributed by atoms with Gasteiger partial charge in [0.1, 0.15) is 0 Å². The topological polar surface area (TPSA) is 240 Å². The zero-order chi connectivity index (χ0) is 18.2. The number of aliphatic hydroxyl groups is 10. The minimum atomic E-state index is -4.95. The van der Waals surface area contributed by atoms with E-state index >= 15 is 0 Å². The molecule has 0 aliphatic carbocycles. The van der Waals surface area contributed by atoms with Crippen molar-refractivity contribution >= 4 is 5.97 Å². The molecule has 0 aliphatic heterocycles. The van der Waals surface area contributed by atoms with Gasteiger partial charge in [-0.2, -0.15) is 0 Å². The molecule has 0 fully saturated rings. The third-order valence-corrected chi connectivity index (χ3v) is 3.19. The molecule has 0 heterocycles. The molecule has 0 aromatic heterocycles. The number of carbonyl (C=O) groups is 1. The second kappa shape index (κ2) is 5.93. The summed E-state index contributed by atoms with van der Waals surface area (Å²) in [6.45, 7) is 1.54. The van der Waals surface area contributed by atoms with Gasteiger partial charge >= 0.3 is 11.8 Å². The maximum Gasteiger partial charge on any atom is 0.370 e. The van der Waals surface area contributed by atoms with Gasteiger partial charge in [-0.3, -0.25) is 0 Å². The number of rotatable bonds is 8. The lowest BCUT2D eigenvalue weighted by Gasteiger charge is -2.49. The molecule has 132 valence electrons. The number of hydrogen-bond acceptors (Lipinski definition) is 11. The van der Waals surface area contributed by atoms with Crippen LogP contribution in [0.2, 0.25) is 0 Å². The smallest absolute Gasteiger partial charge is 0.370 e. The predicted octanol–water partition coefficient (Wildman–Crippen LogP) is -5.33. The number of hydrogen-bond donors (Lipinski definition) is 11. The molecule has 12 heteroatoms. The van der Waals surface area contributed by atoms with Crippen molar-refractivity contribution in [2.24, 2.45) is 0 Å². The summed E-state index contributed by atoms with van der Waals surface area (Å²) < 4.78 is 0. The molecule has 0 aliphatic rings. The highest BCUT2D eigenvalue weighted by atomic mass is 16.7. The molecule has 0 aromatic carbocycles. The van der Waals surface area contributed by atoms with Gasteiger partial charge in [0.25, 0.3) is 17.4 Å². The minimum absolute atomic E-state index is 0.113. The van der Waals surface area contributed by atoms with Crippen LogP contribution in [0, 0.1) is 0 Å². The number of aliphatic carboxylic acids is 1. The van der Waals surface area contributed by atoms with Crippen molar-refractivity contribution in [2.75, 3.05) is 0 Å². The van der Waals surface area contributed by atoms with Gasteiger partial charge in [-0.1, -0.05) is 13.3 Å². The van der Waals surface area contributed by atoms with E-state index < -0.39 is 41.3 Å². The first-order valence-corrected chi connectivity index (χ1v) is 5.97. The third kappa shape index (κ3) is 2.93. The van der Waals surface area contributed by atoms with Gasteiger partial charge in [0.2, 0.25) is 5.79 Å². The Morgan fingerprint density at radius 2 is 1.18 bits per heavy atom. The summed E-state index contributed by atoms with van der Waals surface area (Å²) in [5, 5.41) is 102. The lowest BCUT2D eigenvalue weighted by atomic mass is 9.83. The van der Waals surface area contributed by atoms with E-state index in [0.717, 1.165) is 0 Å². The second-order valence-electron chi connectivity index (χ2n) is 4.91. The lowest BCUT2D eigenvalue weighted by Crippen LogP contribution is -2.82. The van der Waals surface area contributed by atoms with Crippen LogP contribution in [-0.2, 0) is 4.79 Å². The van der Waals surface area contributed by atoms with Gasteiger partial charge in [-0.05, 0) is 6.42 Å². The van der Waals surface area contributed by atoms with Crippen LogP contribution in [-0.4, -0.2) is 91.1 Å². The van der Waals surface area contributed by atoms with Crippen LogP contribution in [0.4, 0.5) is 0 Å². The SMILES string of the molecule is CCCCC(O)(O)C(O)(O)C(O)(O)C(O)(O)C(O)(O)C(=O)O. The van der Waals surface area contributed by atoms with Gasteiger partial charge in [0, 0.05) is 6.42 Å². The lowest BCUT2D eigenvalue weighted by molar-refractivity contribution is -0.534. The number of carboxylic acid groups (broad SMARTS) is 1. The average Bonchev–Trinajstić information content (AvgIpc) is 2.35. The monoisotopic (exact) mass is 332 g/mol. The molecule has 11 N–H and O–H groups in total. The summed E-state index contributed by atoms with van der Waals surface area (Å²) in [5.74, 6) is -25.8. The summed E-state index contributed by atoms with van der Waals surface area (Å²) in [6, 6.07) is 0. The van der Waals surface area contributed by atoms with Crippen molar-refractivity contribution in [1.29, 1.82) is 0 Å². The fraction of sp³-hybridized carbons (Fsp3) is 0.900. The van der Waals surface area contributed by atoms with Crippen LogP contribution < -0.4 is 0 Å². The molecule has 0 saturated carbocycles. The van der Waals surface area contributed by atoms with Crippen molar-refractivity contribution in [3.8, 4) is 0 Å². The van der Waals surface area contributed by atoms with E-state index in [1.54, 1.807) is 0 Å². The fourth-order valence-electron chi connectivity index (χ4n) is 1.51. The molecule has 22 heavy (non-hydrogen) atoms. The van der Waals surface area contributed by atoms with E-state index in [2.05, 4.69) is 0 Å². The molecule has 0 atom stereocenters. The van der Waals surface area contributed by atoms with Crippen molar-refractivity contribution in [3.63, 3.8) is 0 Å². The largest absolute Gasteiger partial charge is 0.477 e. The molecule has 0 radical (unpaired) electrons. The van der Waals surface area contributed by atoms with Crippen molar-refractivity contribution in [2.45, 2.75) is 55.1 Å². The zero-order valence-corrected chi connectivity index (χ0v) is 11.4. The molecular formula is C10H20O12. The van der Waals surface area contributed by atoms with Crippen molar-refractivity contribution < 1.29 is 61.0 Å². The second-order valence-corrected chi connectivity index (χ2v) is 4.91. The van der Waals surface area contributed by atoms with Crippen LogP contribution in [0.1, 0.15) is 26.2 Å². The molecule has 0 rings (SSSR count). The van der Waals surface area contributed by atoms with E-state index in [1.165, 1.54) is 6.92 Å². The zero-order valence-electron chi connectivity index (χ0n) is 11.4. The highest BCUT2D eigenvalue weighted by Gasteiger charge is 2.77. The highest BCUT2D eigenvalue weighted by molar-refractivity contribution is 5.76. The van der Waals surface area contributed by atoms with Crippen LogP contribution in [0.15, 0.2) is 0 Å². The third-order valence-electron chi connectivity index (χ3n) is 3.19. The molecule has 0 unspecified atom stereocenters. The summed E-state index contributed by atoms with van der Waals surface area (Å²) in [5.41, 5.74) is 0. The normalized spacial score (nSPS) is 15.0. The van der Waals surface area contributed by atoms with E-state index in [4.69, 9.17) is 15.3 Å². The van der Waals surface area contributed by atoms with Crippen LogP contribution in [0.3, 0.4) is 0 Å². The summed E-state index contributed by atoms with van der Waals surface area (Å²) in [6.07, 6.45) is -0.768. The van der Waals surface area contributed by atoms with Gasteiger partial charge < -0.3 is 56.2 Å². The maximum absolute atomic E-state index is 10.5. The van der Waals surface area contributed by atoms with Crippen molar-refractivity contribution in [1.82, 2.24) is 0 Å². The van der Waals surface area contributed by atoms with Crippen LogP contribution >= 0.6 is 0 Å². The summed E-state index contributed by atoms with van der Waals surface area (Å²) in [7, 11) is 0. The standard InChI is InChI=1S/C10H20O12/c1-2-3-4-6(13,14)8(17,18)10(21,22)9(19,20)7(15,16)5(11)12/h13-22H,2-4H2,1H3,(H,11,12). The average molecular weight is 332 g/mol. The highest BCUT2D eigenvalue weighted by Crippen LogP contribution is 2.40.